The average Bonchev–Trinajstić information content (AvgIpc) is 1.79. The minimum absolute atomic E-state index is 0. The number of carbonyl (C=O) groups is 2. The summed E-state index contributed by atoms with van der Waals surface area (Å²) in [5.41, 5.74) is -0.725. The second-order valence-electron chi connectivity index (χ2n) is 2.53. The summed E-state index contributed by atoms with van der Waals surface area (Å²) in [4.78, 5) is 21.1. The number of amides is 3. The molecular formula is C5H8AuN2O2. The maximum Gasteiger partial charge on any atom is 0.322 e. The van der Waals surface area contributed by atoms with Gasteiger partial charge in [-0.05, 0) is 13.8 Å². The second-order valence-corrected chi connectivity index (χ2v) is 2.53. The Morgan fingerprint density at radius 2 is 1.80 bits per heavy atom. The molecule has 5 heteroatoms. The van der Waals surface area contributed by atoms with Crippen molar-refractivity contribution in [2.24, 2.45) is 0 Å². The molecule has 0 saturated carbocycles. The van der Waals surface area contributed by atoms with Crippen LogP contribution in [0.25, 0.3) is 0 Å². The summed E-state index contributed by atoms with van der Waals surface area (Å²) < 4.78 is 0. The first-order valence-corrected chi connectivity index (χ1v) is 2.66. The molecule has 1 heterocycles. The van der Waals surface area contributed by atoms with E-state index >= 15 is 0 Å². The predicted molar refractivity (Wildman–Crippen MR) is 30.8 cm³/mol. The SMILES string of the molecule is CC1(C)NC(=O)NC1=O.[Au]. The Bertz CT molecular complexity index is 178. The van der Waals surface area contributed by atoms with E-state index in [1.54, 1.807) is 13.8 Å². The van der Waals surface area contributed by atoms with Gasteiger partial charge in [0.05, 0.1) is 0 Å². The summed E-state index contributed by atoms with van der Waals surface area (Å²) in [5, 5.41) is 4.56. The van der Waals surface area contributed by atoms with Crippen molar-refractivity contribution in [3.05, 3.63) is 0 Å². The number of carbonyl (C=O) groups excluding carboxylic acids is 2. The molecule has 1 rings (SSSR count). The molecule has 1 fully saturated rings. The third kappa shape index (κ3) is 1.59. The Morgan fingerprint density at radius 3 is 1.90 bits per heavy atom. The molecule has 0 aromatic rings. The van der Waals surface area contributed by atoms with Crippen LogP contribution < -0.4 is 10.6 Å². The number of hydrogen-bond acceptors (Lipinski definition) is 2. The maximum atomic E-state index is 10.7. The molecule has 3 amide bonds. The molecule has 10 heavy (non-hydrogen) atoms. The standard InChI is InChI=1S/C5H8N2O2.Au/c1-5(2)3(8)6-4(9)7-5;/h1-2H3,(H2,6,7,8,9);. The van der Waals surface area contributed by atoms with Crippen molar-refractivity contribution in [2.45, 2.75) is 19.4 Å². The van der Waals surface area contributed by atoms with Crippen LogP contribution in [0.15, 0.2) is 0 Å². The fourth-order valence-electron chi connectivity index (χ4n) is 0.631. The minimum atomic E-state index is -0.725. The summed E-state index contributed by atoms with van der Waals surface area (Å²) in [7, 11) is 0. The molecule has 0 bridgehead atoms. The summed E-state index contributed by atoms with van der Waals surface area (Å²) in [5.74, 6) is -0.271. The van der Waals surface area contributed by atoms with Crippen LogP contribution in [0.1, 0.15) is 13.8 Å². The molecule has 1 saturated heterocycles. The summed E-state index contributed by atoms with van der Waals surface area (Å²) in [6.07, 6.45) is 0. The molecule has 1 radical (unpaired) electrons. The van der Waals surface area contributed by atoms with Gasteiger partial charge in [0.15, 0.2) is 0 Å². The van der Waals surface area contributed by atoms with Crippen LogP contribution >= 0.6 is 0 Å². The Hall–Kier alpha value is -0.320. The predicted octanol–water partition coefficient (Wildman–Crippen LogP) is -0.398. The molecular weight excluding hydrogens is 317 g/mol. The van der Waals surface area contributed by atoms with E-state index in [9.17, 15) is 9.59 Å². The zero-order chi connectivity index (χ0) is 7.07. The van der Waals surface area contributed by atoms with Gasteiger partial charge in [-0.1, -0.05) is 0 Å². The molecule has 0 atom stereocenters. The van der Waals surface area contributed by atoms with Crippen LogP contribution in [-0.2, 0) is 27.2 Å². The van der Waals surface area contributed by atoms with Crippen molar-refractivity contribution in [3.8, 4) is 0 Å². The largest absolute Gasteiger partial charge is 0.324 e. The van der Waals surface area contributed by atoms with Crippen molar-refractivity contribution < 1.29 is 32.0 Å². The molecule has 0 aromatic carbocycles. The van der Waals surface area contributed by atoms with E-state index in [0.29, 0.717) is 0 Å². The third-order valence-electron chi connectivity index (χ3n) is 1.22. The Morgan fingerprint density at radius 1 is 1.30 bits per heavy atom. The molecule has 0 spiro atoms. The van der Waals surface area contributed by atoms with E-state index in [4.69, 9.17) is 0 Å². The fraction of sp³-hybridized carbons (Fsp3) is 0.600. The van der Waals surface area contributed by atoms with E-state index in [1.807, 2.05) is 0 Å². The van der Waals surface area contributed by atoms with Crippen LogP contribution in [0.2, 0.25) is 0 Å². The van der Waals surface area contributed by atoms with E-state index in [1.165, 1.54) is 0 Å². The second kappa shape index (κ2) is 2.74. The smallest absolute Gasteiger partial charge is 0.322 e. The maximum absolute atomic E-state index is 10.7. The zero-order valence-corrected chi connectivity index (χ0v) is 7.78. The van der Waals surface area contributed by atoms with Crippen LogP contribution in [0.5, 0.6) is 0 Å². The van der Waals surface area contributed by atoms with Crippen molar-refractivity contribution in [3.63, 3.8) is 0 Å². The van der Waals surface area contributed by atoms with Crippen molar-refractivity contribution in [2.75, 3.05) is 0 Å². The number of rotatable bonds is 0. The van der Waals surface area contributed by atoms with Gasteiger partial charge in [-0.3, -0.25) is 10.1 Å². The first-order chi connectivity index (χ1) is 4.02. The van der Waals surface area contributed by atoms with E-state index in [0.717, 1.165) is 0 Å². The van der Waals surface area contributed by atoms with Crippen molar-refractivity contribution >= 4 is 11.9 Å². The number of nitrogens with one attached hydrogen (secondary N) is 2. The molecule has 61 valence electrons. The first-order valence-electron chi connectivity index (χ1n) is 2.66. The normalized spacial score (nSPS) is 21.0. The van der Waals surface area contributed by atoms with Gasteiger partial charge in [0, 0.05) is 22.4 Å². The van der Waals surface area contributed by atoms with Gasteiger partial charge in [-0.15, -0.1) is 0 Å². The van der Waals surface area contributed by atoms with Gasteiger partial charge < -0.3 is 5.32 Å². The van der Waals surface area contributed by atoms with Crippen LogP contribution in [-0.4, -0.2) is 17.5 Å². The van der Waals surface area contributed by atoms with Crippen molar-refractivity contribution in [1.29, 1.82) is 0 Å². The average molecular weight is 325 g/mol. The van der Waals surface area contributed by atoms with Gasteiger partial charge in [0.1, 0.15) is 5.54 Å². The Kier molecular flexibility index (Phi) is 2.65. The van der Waals surface area contributed by atoms with Gasteiger partial charge in [0.25, 0.3) is 5.91 Å². The summed E-state index contributed by atoms with van der Waals surface area (Å²) in [6, 6.07) is -0.412. The molecule has 1 aliphatic heterocycles. The fourth-order valence-corrected chi connectivity index (χ4v) is 0.631. The van der Waals surface area contributed by atoms with E-state index in [2.05, 4.69) is 10.6 Å². The van der Waals surface area contributed by atoms with Gasteiger partial charge in [-0.2, -0.15) is 0 Å². The molecule has 0 aliphatic carbocycles. The quantitative estimate of drug-likeness (QED) is 0.470. The van der Waals surface area contributed by atoms with Crippen LogP contribution in [0.3, 0.4) is 0 Å². The van der Waals surface area contributed by atoms with Gasteiger partial charge in [0.2, 0.25) is 0 Å². The third-order valence-corrected chi connectivity index (χ3v) is 1.22. The molecule has 4 nitrogen and oxygen atoms in total. The minimum Gasteiger partial charge on any atom is -0.324 e. The van der Waals surface area contributed by atoms with E-state index < -0.39 is 11.6 Å². The first kappa shape index (κ1) is 9.68. The molecule has 2 N–H and O–H groups in total. The van der Waals surface area contributed by atoms with Crippen molar-refractivity contribution in [1.82, 2.24) is 10.6 Å². The molecule has 1 aliphatic rings. The van der Waals surface area contributed by atoms with Gasteiger partial charge in [-0.25, -0.2) is 4.79 Å². The number of urea groups is 1. The monoisotopic (exact) mass is 325 g/mol. The van der Waals surface area contributed by atoms with Crippen LogP contribution in [0.4, 0.5) is 4.79 Å². The van der Waals surface area contributed by atoms with E-state index in [-0.39, 0.29) is 28.3 Å². The Labute approximate surface area is 74.2 Å². The summed E-state index contributed by atoms with van der Waals surface area (Å²) in [6.45, 7) is 3.29. The molecule has 0 aromatic heterocycles. The topological polar surface area (TPSA) is 58.2 Å². The number of imide groups is 1. The Balaban J connectivity index is 0.000000810. The number of hydrogen-bond donors (Lipinski definition) is 2. The van der Waals surface area contributed by atoms with Gasteiger partial charge >= 0.3 is 6.03 Å². The zero-order valence-electron chi connectivity index (χ0n) is 5.62. The molecule has 0 unspecified atom stereocenters. The summed E-state index contributed by atoms with van der Waals surface area (Å²) >= 11 is 0. The van der Waals surface area contributed by atoms with Crippen LogP contribution in [0, 0.1) is 0 Å².